The van der Waals surface area contributed by atoms with Crippen molar-refractivity contribution in [3.05, 3.63) is 182 Å². The Morgan fingerprint density at radius 1 is 0.314 bits per heavy atom. The average molecular weight is 667 g/mol. The molecule has 0 saturated carbocycles. The molecule has 0 saturated heterocycles. The fourth-order valence-electron chi connectivity index (χ4n) is 8.17. The summed E-state index contributed by atoms with van der Waals surface area (Å²) in [4.78, 5) is 0. The van der Waals surface area contributed by atoms with Crippen LogP contribution in [0.15, 0.2) is 182 Å². The van der Waals surface area contributed by atoms with E-state index in [1.165, 1.54) is 91.7 Å². The van der Waals surface area contributed by atoms with Crippen molar-refractivity contribution in [2.45, 2.75) is 0 Å². The first-order valence-corrected chi connectivity index (χ1v) is 18.3. The maximum atomic E-state index is 2.46. The third-order valence-electron chi connectivity index (χ3n) is 10.5. The van der Waals surface area contributed by atoms with E-state index in [0.717, 1.165) is 5.69 Å². The minimum Gasteiger partial charge on any atom is -0.309 e. The third-order valence-corrected chi connectivity index (χ3v) is 11.7. The van der Waals surface area contributed by atoms with E-state index in [0.29, 0.717) is 0 Å². The van der Waals surface area contributed by atoms with Gasteiger partial charge >= 0.3 is 0 Å². The number of nitrogens with zero attached hydrogens (tertiary/aromatic N) is 2. The number of benzene rings is 8. The van der Waals surface area contributed by atoms with Gasteiger partial charge in [-0.15, -0.1) is 11.3 Å². The zero-order valence-corrected chi connectivity index (χ0v) is 28.4. The smallest absolute Gasteiger partial charge is 0.0719 e. The van der Waals surface area contributed by atoms with Crippen LogP contribution in [-0.2, 0) is 0 Å². The van der Waals surface area contributed by atoms with E-state index < -0.39 is 0 Å². The van der Waals surface area contributed by atoms with Gasteiger partial charge in [-0.05, 0) is 76.9 Å². The molecule has 3 heteroatoms. The molecule has 0 unspecified atom stereocenters. The summed E-state index contributed by atoms with van der Waals surface area (Å²) in [6.07, 6.45) is 0. The standard InChI is InChI=1S/C48H30N2S/c1-2-10-31(11-3-1)32-18-23-35(24-19-32)49-43-15-7-5-13-38(43)42-30-34(22-29-45(42)49)33-20-25-36(26-21-33)50-44-16-8-4-12-37(44)40-27-28-41-39-14-6-9-17-46(39)51-48(41)47(40)50/h1-30H. The van der Waals surface area contributed by atoms with Crippen molar-refractivity contribution in [2.75, 3.05) is 0 Å². The lowest BCUT2D eigenvalue weighted by molar-refractivity contribution is 1.18. The highest BCUT2D eigenvalue weighted by Crippen LogP contribution is 2.43. The van der Waals surface area contributed by atoms with Crippen LogP contribution in [0.25, 0.3) is 97.4 Å². The molecule has 0 radical (unpaired) electrons. The first kappa shape index (κ1) is 28.4. The molecular formula is C48H30N2S. The maximum Gasteiger partial charge on any atom is 0.0719 e. The highest BCUT2D eigenvalue weighted by molar-refractivity contribution is 7.26. The number of aromatic nitrogens is 2. The molecule has 11 rings (SSSR count). The van der Waals surface area contributed by atoms with Crippen molar-refractivity contribution in [2.24, 2.45) is 0 Å². The molecular weight excluding hydrogens is 637 g/mol. The van der Waals surface area contributed by atoms with E-state index in [-0.39, 0.29) is 0 Å². The van der Waals surface area contributed by atoms with Gasteiger partial charge in [0.05, 0.1) is 26.8 Å². The summed E-state index contributed by atoms with van der Waals surface area (Å²) in [5.41, 5.74) is 12.2. The topological polar surface area (TPSA) is 9.86 Å². The van der Waals surface area contributed by atoms with Crippen molar-refractivity contribution in [3.63, 3.8) is 0 Å². The van der Waals surface area contributed by atoms with Gasteiger partial charge in [-0.25, -0.2) is 0 Å². The predicted octanol–water partition coefficient (Wildman–Crippen LogP) is 13.6. The molecule has 0 bridgehead atoms. The van der Waals surface area contributed by atoms with Gasteiger partial charge in [0.1, 0.15) is 0 Å². The van der Waals surface area contributed by atoms with Crippen LogP contribution < -0.4 is 0 Å². The van der Waals surface area contributed by atoms with Gasteiger partial charge in [-0.2, -0.15) is 0 Å². The second kappa shape index (κ2) is 11.0. The first-order chi connectivity index (χ1) is 25.3. The molecule has 0 aliphatic rings. The molecule has 0 atom stereocenters. The fourth-order valence-corrected chi connectivity index (χ4v) is 9.41. The van der Waals surface area contributed by atoms with Crippen molar-refractivity contribution in [1.82, 2.24) is 9.13 Å². The quantitative estimate of drug-likeness (QED) is 0.177. The van der Waals surface area contributed by atoms with Crippen LogP contribution >= 0.6 is 11.3 Å². The van der Waals surface area contributed by atoms with E-state index in [4.69, 9.17) is 0 Å². The molecule has 8 aromatic carbocycles. The zero-order chi connectivity index (χ0) is 33.5. The van der Waals surface area contributed by atoms with Gasteiger partial charge in [-0.1, -0.05) is 127 Å². The predicted molar refractivity (Wildman–Crippen MR) is 219 cm³/mol. The Labute approximate surface area is 298 Å². The van der Waals surface area contributed by atoms with E-state index >= 15 is 0 Å². The van der Waals surface area contributed by atoms with Gasteiger partial charge < -0.3 is 9.13 Å². The van der Waals surface area contributed by atoms with Crippen LogP contribution in [0.4, 0.5) is 0 Å². The largest absolute Gasteiger partial charge is 0.309 e. The second-order valence-corrected chi connectivity index (χ2v) is 14.4. The van der Waals surface area contributed by atoms with E-state index in [1.54, 1.807) is 0 Å². The molecule has 0 aliphatic heterocycles. The van der Waals surface area contributed by atoms with Crippen LogP contribution in [0.2, 0.25) is 0 Å². The van der Waals surface area contributed by atoms with Crippen LogP contribution in [0.3, 0.4) is 0 Å². The number of fused-ring (bicyclic) bond motifs is 10. The SMILES string of the molecule is c1ccc(-c2ccc(-n3c4ccccc4c4cc(-c5ccc(-n6c7ccccc7c7ccc8c9ccccc9sc8c76)cc5)ccc43)cc2)cc1. The Morgan fingerprint density at radius 3 is 1.57 bits per heavy atom. The average Bonchev–Trinajstić information content (AvgIpc) is 3.86. The highest BCUT2D eigenvalue weighted by Gasteiger charge is 2.18. The highest BCUT2D eigenvalue weighted by atomic mass is 32.1. The monoisotopic (exact) mass is 666 g/mol. The molecule has 3 aromatic heterocycles. The molecule has 0 aliphatic carbocycles. The van der Waals surface area contributed by atoms with Crippen molar-refractivity contribution in [3.8, 4) is 33.6 Å². The fraction of sp³-hybridized carbons (Fsp3) is 0. The summed E-state index contributed by atoms with van der Waals surface area (Å²) in [5, 5.41) is 7.75. The molecule has 2 nitrogen and oxygen atoms in total. The summed E-state index contributed by atoms with van der Waals surface area (Å²) < 4.78 is 7.52. The lowest BCUT2D eigenvalue weighted by Gasteiger charge is -2.11. The molecule has 3 heterocycles. The van der Waals surface area contributed by atoms with Crippen LogP contribution in [0.5, 0.6) is 0 Å². The van der Waals surface area contributed by atoms with Crippen LogP contribution in [0, 0.1) is 0 Å². The van der Waals surface area contributed by atoms with Crippen molar-refractivity contribution < 1.29 is 0 Å². The second-order valence-electron chi connectivity index (χ2n) is 13.3. The van der Waals surface area contributed by atoms with Crippen molar-refractivity contribution >= 4 is 75.1 Å². The molecule has 51 heavy (non-hydrogen) atoms. The van der Waals surface area contributed by atoms with E-state index in [1.807, 2.05) is 11.3 Å². The van der Waals surface area contributed by atoms with Gasteiger partial charge in [0, 0.05) is 48.4 Å². The molecule has 238 valence electrons. The molecule has 11 aromatic rings. The van der Waals surface area contributed by atoms with Gasteiger partial charge in [0.25, 0.3) is 0 Å². The van der Waals surface area contributed by atoms with E-state index in [2.05, 4.69) is 191 Å². The molecule has 0 spiro atoms. The Morgan fingerprint density at radius 2 is 0.824 bits per heavy atom. The molecule has 0 fully saturated rings. The number of thiophene rings is 1. The Balaban J connectivity index is 1.04. The zero-order valence-electron chi connectivity index (χ0n) is 27.6. The lowest BCUT2D eigenvalue weighted by atomic mass is 10.0. The van der Waals surface area contributed by atoms with Crippen LogP contribution in [0.1, 0.15) is 0 Å². The molecule has 0 amide bonds. The number of para-hydroxylation sites is 2. The maximum absolute atomic E-state index is 2.46. The summed E-state index contributed by atoms with van der Waals surface area (Å²) in [6, 6.07) is 66.5. The molecule has 0 N–H and O–H groups in total. The van der Waals surface area contributed by atoms with Gasteiger partial charge in [-0.3, -0.25) is 0 Å². The number of hydrogen-bond donors (Lipinski definition) is 0. The minimum atomic E-state index is 1.16. The first-order valence-electron chi connectivity index (χ1n) is 17.4. The number of hydrogen-bond acceptors (Lipinski definition) is 1. The number of rotatable bonds is 4. The van der Waals surface area contributed by atoms with E-state index in [9.17, 15) is 0 Å². The van der Waals surface area contributed by atoms with Crippen molar-refractivity contribution in [1.29, 1.82) is 0 Å². The minimum absolute atomic E-state index is 1.16. The summed E-state index contributed by atoms with van der Waals surface area (Å²) in [7, 11) is 0. The van der Waals surface area contributed by atoms with Gasteiger partial charge in [0.15, 0.2) is 0 Å². The lowest BCUT2D eigenvalue weighted by Crippen LogP contribution is -1.94. The van der Waals surface area contributed by atoms with Gasteiger partial charge in [0.2, 0.25) is 0 Å². The third kappa shape index (κ3) is 4.29. The summed E-state index contributed by atoms with van der Waals surface area (Å²) in [5.74, 6) is 0. The Kier molecular flexibility index (Phi) is 6.16. The summed E-state index contributed by atoms with van der Waals surface area (Å²) in [6.45, 7) is 0. The normalized spacial score (nSPS) is 11.9. The van der Waals surface area contributed by atoms with Crippen LogP contribution in [-0.4, -0.2) is 9.13 Å². The Bertz CT molecular complexity index is 3100. The Hall–Kier alpha value is -6.42. The summed E-state index contributed by atoms with van der Waals surface area (Å²) >= 11 is 1.89.